The zero-order valence-electron chi connectivity index (χ0n) is 12.8. The fraction of sp³-hybridized carbons (Fsp3) is 0.200. The Kier molecular flexibility index (Phi) is 3.50. The van der Waals surface area contributed by atoms with E-state index in [1.165, 1.54) is 12.1 Å². The van der Waals surface area contributed by atoms with Crippen molar-refractivity contribution < 1.29 is 19.0 Å². The number of benzene rings is 2. The molecule has 0 saturated heterocycles. The summed E-state index contributed by atoms with van der Waals surface area (Å²) in [6, 6.07) is 8.32. The summed E-state index contributed by atoms with van der Waals surface area (Å²) in [5.74, 6) is -1.31. The van der Waals surface area contributed by atoms with Crippen molar-refractivity contribution in [2.45, 2.75) is 25.1 Å². The molecule has 4 rings (SSSR count). The molecule has 2 N–H and O–H groups in total. The number of hydrogen-bond donors (Lipinski definition) is 2. The van der Waals surface area contributed by atoms with Gasteiger partial charge in [-0.05, 0) is 45.9 Å². The van der Waals surface area contributed by atoms with E-state index in [2.05, 4.69) is 0 Å². The van der Waals surface area contributed by atoms with Crippen LogP contribution < -0.4 is 20.9 Å². The third-order valence-corrected chi connectivity index (χ3v) is 4.66. The van der Waals surface area contributed by atoms with Crippen LogP contribution in [-0.2, 0) is 0 Å². The number of fused-ring (bicyclic) bond motifs is 2. The van der Waals surface area contributed by atoms with Crippen LogP contribution in [0.15, 0.2) is 30.3 Å². The Balaban J connectivity index is 2.23. The van der Waals surface area contributed by atoms with Gasteiger partial charge in [0, 0.05) is 11.1 Å². The van der Waals surface area contributed by atoms with E-state index in [9.17, 15) is 19.0 Å². The van der Waals surface area contributed by atoms with Crippen LogP contribution in [0.4, 0.5) is 8.78 Å². The van der Waals surface area contributed by atoms with Crippen LogP contribution in [-0.4, -0.2) is 22.5 Å². The van der Waals surface area contributed by atoms with Crippen molar-refractivity contribution in [2.24, 2.45) is 0 Å². The van der Waals surface area contributed by atoms with Gasteiger partial charge in [0.15, 0.2) is 11.6 Å². The van der Waals surface area contributed by atoms with Crippen LogP contribution in [0.25, 0.3) is 23.8 Å². The first kappa shape index (κ1) is 15.1. The maximum atomic E-state index is 14.3. The van der Waals surface area contributed by atoms with E-state index in [-0.39, 0.29) is 11.1 Å². The Hall–Kier alpha value is -2.46. The second-order valence-corrected chi connectivity index (χ2v) is 6.13. The average Bonchev–Trinajstić information content (AvgIpc) is 2.58. The number of rotatable bonds is 1. The van der Waals surface area contributed by atoms with Gasteiger partial charge in [-0.3, -0.25) is 0 Å². The van der Waals surface area contributed by atoms with Crippen LogP contribution in [0.1, 0.15) is 18.4 Å². The molecule has 2 atom stereocenters. The van der Waals surface area contributed by atoms with E-state index in [1.54, 1.807) is 24.3 Å². The molecule has 2 aromatic rings. The topological polar surface area (TPSA) is 40.5 Å². The molecule has 0 saturated carbocycles. The van der Waals surface area contributed by atoms with E-state index in [0.29, 0.717) is 20.9 Å². The van der Waals surface area contributed by atoms with Crippen LogP contribution >= 0.6 is 0 Å². The summed E-state index contributed by atoms with van der Waals surface area (Å²) < 4.78 is 28.6. The van der Waals surface area contributed by atoms with Gasteiger partial charge < -0.3 is 10.2 Å². The van der Waals surface area contributed by atoms with Crippen LogP contribution in [0.2, 0.25) is 0 Å². The largest absolute Gasteiger partial charge is 0.504 e. The first-order chi connectivity index (χ1) is 11.6. The number of halogens is 2. The van der Waals surface area contributed by atoms with Gasteiger partial charge in [0.05, 0.1) is 0 Å². The summed E-state index contributed by atoms with van der Waals surface area (Å²) in [5, 5.41) is 23.4. The number of phenolic OH excluding ortho intramolecular Hbond substituents is 1. The van der Waals surface area contributed by atoms with E-state index in [0.717, 1.165) is 12.8 Å². The Morgan fingerprint density at radius 3 is 2.62 bits per heavy atom. The molecule has 0 fully saturated rings. The lowest BCUT2D eigenvalue weighted by Crippen LogP contribution is -2.43. The maximum Gasteiger partial charge on any atom is 0.166 e. The van der Waals surface area contributed by atoms with E-state index < -0.39 is 23.8 Å². The monoisotopic (exact) mass is 326 g/mol. The van der Waals surface area contributed by atoms with Crippen molar-refractivity contribution in [3.63, 3.8) is 0 Å². The molecule has 2 nitrogen and oxygen atoms in total. The summed E-state index contributed by atoms with van der Waals surface area (Å²) in [4.78, 5) is 0. The number of aliphatic hydroxyl groups excluding tert-OH is 1. The Morgan fingerprint density at radius 2 is 1.79 bits per heavy atom. The second-order valence-electron chi connectivity index (χ2n) is 6.13. The molecule has 2 aliphatic carbocycles. The molecular formula is C20H16F2O2. The van der Waals surface area contributed by atoms with Crippen molar-refractivity contribution in [1.29, 1.82) is 0 Å². The number of aromatic hydroxyl groups is 1. The van der Waals surface area contributed by atoms with Gasteiger partial charge in [-0.1, -0.05) is 36.4 Å². The highest BCUT2D eigenvalue weighted by Crippen LogP contribution is 2.27. The highest BCUT2D eigenvalue weighted by Gasteiger charge is 2.29. The molecule has 24 heavy (non-hydrogen) atoms. The van der Waals surface area contributed by atoms with Crippen molar-refractivity contribution in [3.05, 3.63) is 62.6 Å². The van der Waals surface area contributed by atoms with Crippen molar-refractivity contribution in [1.82, 2.24) is 0 Å². The molecule has 122 valence electrons. The molecule has 0 radical (unpaired) electrons. The molecule has 2 aliphatic rings. The van der Waals surface area contributed by atoms with Gasteiger partial charge in [-0.2, -0.15) is 0 Å². The van der Waals surface area contributed by atoms with Crippen molar-refractivity contribution >= 4 is 23.8 Å². The minimum atomic E-state index is -1.61. The first-order valence-electron chi connectivity index (χ1n) is 7.93. The van der Waals surface area contributed by atoms with Gasteiger partial charge in [0.2, 0.25) is 0 Å². The smallest absolute Gasteiger partial charge is 0.166 e. The Morgan fingerprint density at radius 1 is 1.04 bits per heavy atom. The quantitative estimate of drug-likeness (QED) is 0.805. The van der Waals surface area contributed by atoms with Gasteiger partial charge in [-0.25, -0.2) is 8.78 Å². The molecule has 4 heteroatoms. The first-order valence-corrected chi connectivity index (χ1v) is 7.93. The zero-order valence-corrected chi connectivity index (χ0v) is 12.8. The Labute approximate surface area is 137 Å². The highest BCUT2D eigenvalue weighted by molar-refractivity contribution is 5.77. The summed E-state index contributed by atoms with van der Waals surface area (Å²) in [7, 11) is 0. The minimum absolute atomic E-state index is 0.191. The van der Waals surface area contributed by atoms with Gasteiger partial charge in [0.25, 0.3) is 0 Å². The molecule has 0 aromatic heterocycles. The molecule has 0 bridgehead atoms. The molecule has 1 unspecified atom stereocenters. The SMILES string of the molecule is Oc1c(F)cc2c(c1C1=c3ccccc3=C[C@H](F)C1O)=CCCC=2. The van der Waals surface area contributed by atoms with E-state index in [1.807, 2.05) is 12.2 Å². The van der Waals surface area contributed by atoms with E-state index in [4.69, 9.17) is 0 Å². The lowest BCUT2D eigenvalue weighted by atomic mass is 9.87. The Bertz CT molecular complexity index is 1070. The second kappa shape index (κ2) is 5.56. The molecule has 0 aliphatic heterocycles. The molecule has 0 spiro atoms. The highest BCUT2D eigenvalue weighted by atomic mass is 19.1. The number of alkyl halides is 1. The third kappa shape index (κ3) is 2.18. The molecular weight excluding hydrogens is 310 g/mol. The summed E-state index contributed by atoms with van der Waals surface area (Å²) in [5.41, 5.74) is 0.428. The summed E-state index contributed by atoms with van der Waals surface area (Å²) in [6.07, 6.45) is 3.61. The maximum absolute atomic E-state index is 14.3. The number of phenols is 1. The molecule has 0 heterocycles. The van der Waals surface area contributed by atoms with Gasteiger partial charge in [0.1, 0.15) is 12.3 Å². The predicted octanol–water partition coefficient (Wildman–Crippen LogP) is 0.578. The fourth-order valence-corrected chi connectivity index (χ4v) is 3.55. The fourth-order valence-electron chi connectivity index (χ4n) is 3.55. The van der Waals surface area contributed by atoms with Crippen LogP contribution in [0, 0.1) is 5.82 Å². The lowest BCUT2D eigenvalue weighted by molar-refractivity contribution is 0.158. The number of aliphatic hydroxyl groups is 1. The average molecular weight is 326 g/mol. The molecule has 0 amide bonds. The van der Waals surface area contributed by atoms with Crippen molar-refractivity contribution in [3.8, 4) is 5.75 Å². The normalized spacial score (nSPS) is 21.9. The predicted molar refractivity (Wildman–Crippen MR) is 89.0 cm³/mol. The summed E-state index contributed by atoms with van der Waals surface area (Å²) >= 11 is 0. The third-order valence-electron chi connectivity index (χ3n) is 4.66. The minimum Gasteiger partial charge on any atom is -0.504 e. The zero-order chi connectivity index (χ0) is 16.8. The summed E-state index contributed by atoms with van der Waals surface area (Å²) in [6.45, 7) is 0. The number of hydrogen-bond acceptors (Lipinski definition) is 2. The van der Waals surface area contributed by atoms with Crippen LogP contribution in [0.5, 0.6) is 5.75 Å². The standard InChI is InChI=1S/C20H16F2O2/c21-15-9-11-5-1-3-7-13(11)17(19(15)23)18-14-8-4-2-6-12(14)10-16(22)20(18)24/h1,3,5-10,15,19,23-24H,2,4H2/t15-,19?/m0/s1. The van der Waals surface area contributed by atoms with Gasteiger partial charge in [-0.15, -0.1) is 0 Å². The van der Waals surface area contributed by atoms with Gasteiger partial charge >= 0.3 is 0 Å². The lowest BCUT2D eigenvalue weighted by Gasteiger charge is -2.23. The van der Waals surface area contributed by atoms with E-state index >= 15 is 0 Å². The van der Waals surface area contributed by atoms with Crippen molar-refractivity contribution in [2.75, 3.05) is 0 Å². The van der Waals surface area contributed by atoms with Crippen LogP contribution in [0.3, 0.4) is 0 Å². The molecule has 2 aromatic carbocycles.